The van der Waals surface area contributed by atoms with E-state index in [9.17, 15) is 0 Å². The predicted molar refractivity (Wildman–Crippen MR) is 52.7 cm³/mol. The van der Waals surface area contributed by atoms with E-state index in [2.05, 4.69) is 4.90 Å². The number of rotatable bonds is 1. The molecule has 2 aliphatic heterocycles. The van der Waals surface area contributed by atoms with Gasteiger partial charge in [-0.2, -0.15) is 0 Å². The first-order chi connectivity index (χ1) is 5.92. The highest BCUT2D eigenvalue weighted by Crippen LogP contribution is 2.31. The molecule has 2 heteroatoms. The first-order valence-electron chi connectivity index (χ1n) is 5.22. The zero-order valence-corrected chi connectivity index (χ0v) is 8.39. The molecule has 0 unspecified atom stereocenters. The predicted octanol–water partition coefficient (Wildman–Crippen LogP) is 2.49. The van der Waals surface area contributed by atoms with Crippen LogP contribution in [0.1, 0.15) is 32.1 Å². The van der Waals surface area contributed by atoms with Gasteiger partial charge in [-0.1, -0.05) is 6.42 Å². The summed E-state index contributed by atoms with van der Waals surface area (Å²) < 4.78 is 0. The van der Waals surface area contributed by atoms with Crippen LogP contribution in [0.5, 0.6) is 0 Å². The minimum absolute atomic E-state index is 0.792. The van der Waals surface area contributed by atoms with Crippen LogP contribution >= 0.6 is 11.6 Å². The Balaban J connectivity index is 1.99. The molecule has 0 spiro atoms. The van der Waals surface area contributed by atoms with E-state index >= 15 is 0 Å². The summed E-state index contributed by atoms with van der Waals surface area (Å²) in [6, 6.07) is 0.838. The first kappa shape index (κ1) is 8.83. The number of nitrogens with zero attached hydrogens (tertiary/aromatic N) is 1. The molecule has 0 radical (unpaired) electrons. The fourth-order valence-corrected chi connectivity index (χ4v) is 3.12. The van der Waals surface area contributed by atoms with Gasteiger partial charge in [0.1, 0.15) is 0 Å². The summed E-state index contributed by atoms with van der Waals surface area (Å²) in [5.74, 6) is 1.67. The Bertz CT molecular complexity index is 140. The summed E-state index contributed by atoms with van der Waals surface area (Å²) >= 11 is 5.97. The zero-order chi connectivity index (χ0) is 8.39. The van der Waals surface area contributed by atoms with Crippen LogP contribution in [0.2, 0.25) is 0 Å². The number of fused-ring (bicyclic) bond motifs is 1. The van der Waals surface area contributed by atoms with Crippen LogP contribution in [0.25, 0.3) is 0 Å². The third-order valence-electron chi connectivity index (χ3n) is 3.43. The molecule has 2 rings (SSSR count). The molecule has 2 fully saturated rings. The fraction of sp³-hybridized carbons (Fsp3) is 1.00. The van der Waals surface area contributed by atoms with Gasteiger partial charge in [-0.3, -0.25) is 0 Å². The first-order valence-corrected chi connectivity index (χ1v) is 5.75. The van der Waals surface area contributed by atoms with E-state index in [1.54, 1.807) is 0 Å². The highest BCUT2D eigenvalue weighted by Gasteiger charge is 2.31. The number of hydrogen-bond donors (Lipinski definition) is 0. The van der Waals surface area contributed by atoms with E-state index in [1.165, 1.54) is 45.2 Å². The molecular weight excluding hydrogens is 170 g/mol. The Kier molecular flexibility index (Phi) is 2.92. The van der Waals surface area contributed by atoms with Crippen LogP contribution in [-0.2, 0) is 0 Å². The van der Waals surface area contributed by atoms with Crippen LogP contribution in [0.4, 0.5) is 0 Å². The fourth-order valence-electron chi connectivity index (χ4n) is 2.76. The van der Waals surface area contributed by atoms with Gasteiger partial charge in [0.25, 0.3) is 0 Å². The average molecular weight is 188 g/mol. The van der Waals surface area contributed by atoms with Gasteiger partial charge in [0, 0.05) is 11.9 Å². The van der Waals surface area contributed by atoms with Crippen LogP contribution in [-0.4, -0.2) is 29.9 Å². The number of halogens is 1. The smallest absolute Gasteiger partial charge is 0.0266 e. The lowest BCUT2D eigenvalue weighted by Crippen LogP contribution is -2.48. The normalized spacial score (nSPS) is 37.8. The van der Waals surface area contributed by atoms with Crippen molar-refractivity contribution in [1.82, 2.24) is 4.90 Å². The van der Waals surface area contributed by atoms with Crippen molar-refractivity contribution in [3.63, 3.8) is 0 Å². The molecule has 0 amide bonds. The van der Waals surface area contributed by atoms with Crippen molar-refractivity contribution in [2.45, 2.75) is 38.1 Å². The minimum atomic E-state index is 0.792. The van der Waals surface area contributed by atoms with Crippen molar-refractivity contribution in [1.29, 1.82) is 0 Å². The lowest BCUT2D eigenvalue weighted by atomic mass is 9.85. The molecule has 2 heterocycles. The summed E-state index contributed by atoms with van der Waals surface area (Å²) in [4.78, 5) is 2.67. The number of piperidine rings is 2. The van der Waals surface area contributed by atoms with E-state index in [-0.39, 0.29) is 0 Å². The summed E-state index contributed by atoms with van der Waals surface area (Å²) in [7, 11) is 0. The molecule has 2 atom stereocenters. The van der Waals surface area contributed by atoms with Gasteiger partial charge in [-0.15, -0.1) is 11.6 Å². The molecule has 12 heavy (non-hydrogen) atoms. The SMILES string of the molecule is ClC[C@H]1CCCN2CCCC[C@H]12. The molecule has 0 aliphatic carbocycles. The monoisotopic (exact) mass is 187 g/mol. The summed E-state index contributed by atoms with van der Waals surface area (Å²) in [5, 5.41) is 0. The summed E-state index contributed by atoms with van der Waals surface area (Å²) in [6.07, 6.45) is 6.97. The Morgan fingerprint density at radius 2 is 1.92 bits per heavy atom. The standard InChI is InChI=1S/C10H18ClN/c11-8-9-4-3-7-12-6-2-1-5-10(9)12/h9-10H,1-8H2/t9-,10-/m1/s1. The Morgan fingerprint density at radius 3 is 2.75 bits per heavy atom. The molecule has 70 valence electrons. The van der Waals surface area contributed by atoms with E-state index < -0.39 is 0 Å². The summed E-state index contributed by atoms with van der Waals surface area (Å²) in [5.41, 5.74) is 0. The van der Waals surface area contributed by atoms with E-state index in [1.807, 2.05) is 0 Å². The summed E-state index contributed by atoms with van der Waals surface area (Å²) in [6.45, 7) is 2.66. The van der Waals surface area contributed by atoms with Gasteiger partial charge >= 0.3 is 0 Å². The Hall–Kier alpha value is 0.250. The van der Waals surface area contributed by atoms with E-state index in [4.69, 9.17) is 11.6 Å². The maximum absolute atomic E-state index is 5.97. The molecule has 0 saturated carbocycles. The largest absolute Gasteiger partial charge is 0.300 e. The average Bonchev–Trinajstić information content (AvgIpc) is 2.17. The number of hydrogen-bond acceptors (Lipinski definition) is 1. The van der Waals surface area contributed by atoms with E-state index in [0.717, 1.165) is 17.8 Å². The highest BCUT2D eigenvalue weighted by molar-refractivity contribution is 6.18. The van der Waals surface area contributed by atoms with Gasteiger partial charge in [0.2, 0.25) is 0 Å². The molecule has 0 N–H and O–H groups in total. The maximum Gasteiger partial charge on any atom is 0.0266 e. The molecule has 0 aromatic carbocycles. The third-order valence-corrected chi connectivity index (χ3v) is 3.82. The van der Waals surface area contributed by atoms with Crippen molar-refractivity contribution in [3.8, 4) is 0 Å². The molecule has 0 aromatic heterocycles. The van der Waals surface area contributed by atoms with E-state index in [0.29, 0.717) is 0 Å². The molecule has 2 saturated heterocycles. The molecule has 1 nitrogen and oxygen atoms in total. The second-order valence-electron chi connectivity index (χ2n) is 4.16. The van der Waals surface area contributed by atoms with Gasteiger partial charge in [0.05, 0.1) is 0 Å². The van der Waals surface area contributed by atoms with Crippen molar-refractivity contribution in [2.24, 2.45) is 5.92 Å². The van der Waals surface area contributed by atoms with Gasteiger partial charge in [-0.25, -0.2) is 0 Å². The third kappa shape index (κ3) is 1.62. The second kappa shape index (κ2) is 3.97. The highest BCUT2D eigenvalue weighted by atomic mass is 35.5. The van der Waals surface area contributed by atoms with Crippen molar-refractivity contribution >= 4 is 11.6 Å². The maximum atomic E-state index is 5.97. The molecule has 2 aliphatic rings. The molecular formula is C10H18ClN. The zero-order valence-electron chi connectivity index (χ0n) is 7.64. The quantitative estimate of drug-likeness (QED) is 0.571. The molecule has 0 aromatic rings. The topological polar surface area (TPSA) is 3.24 Å². The Labute approximate surface area is 80.1 Å². The Morgan fingerprint density at radius 1 is 1.08 bits per heavy atom. The second-order valence-corrected chi connectivity index (χ2v) is 4.46. The van der Waals surface area contributed by atoms with Gasteiger partial charge < -0.3 is 4.90 Å². The van der Waals surface area contributed by atoms with Crippen LogP contribution in [0.15, 0.2) is 0 Å². The van der Waals surface area contributed by atoms with Crippen LogP contribution < -0.4 is 0 Å². The van der Waals surface area contributed by atoms with Crippen molar-refractivity contribution in [3.05, 3.63) is 0 Å². The number of alkyl halides is 1. The molecule has 0 bridgehead atoms. The van der Waals surface area contributed by atoms with Gasteiger partial charge in [-0.05, 0) is 44.7 Å². The van der Waals surface area contributed by atoms with Gasteiger partial charge in [0.15, 0.2) is 0 Å². The lowest BCUT2D eigenvalue weighted by molar-refractivity contribution is 0.0688. The van der Waals surface area contributed by atoms with Crippen molar-refractivity contribution in [2.75, 3.05) is 19.0 Å². The lowest BCUT2D eigenvalue weighted by Gasteiger charge is -2.43. The minimum Gasteiger partial charge on any atom is -0.300 e. The van der Waals surface area contributed by atoms with Crippen molar-refractivity contribution < 1.29 is 0 Å². The van der Waals surface area contributed by atoms with Crippen LogP contribution in [0.3, 0.4) is 0 Å². The van der Waals surface area contributed by atoms with Crippen LogP contribution in [0, 0.1) is 5.92 Å².